The number of fused-ring (bicyclic) bond motifs is 3. The van der Waals surface area contributed by atoms with Gasteiger partial charge in [-0.25, -0.2) is 18.5 Å². The van der Waals surface area contributed by atoms with Gasteiger partial charge in [-0.2, -0.15) is 0 Å². The Bertz CT molecular complexity index is 870. The van der Waals surface area contributed by atoms with Gasteiger partial charge in [0.05, 0.1) is 29.3 Å². The molecule has 2 heterocycles. The highest BCUT2D eigenvalue weighted by molar-refractivity contribution is 7.89. The monoisotopic (exact) mass is 290 g/mol. The van der Waals surface area contributed by atoms with Gasteiger partial charge in [0.25, 0.3) is 0 Å². The van der Waals surface area contributed by atoms with Gasteiger partial charge in [0, 0.05) is 11.9 Å². The number of para-hydroxylation sites is 1. The standard InChI is InChI=1S/C13H14N4O2S/c14-20(18,19)7-3-6-17-9-16-12-8-15-11-5-2-1-4-10(11)13(12)17/h1-2,4-5,8-9H,3,6-7H2,(H2,14,18,19). The Morgan fingerprint density at radius 2 is 1.95 bits per heavy atom. The topological polar surface area (TPSA) is 90.9 Å². The number of primary sulfonamides is 1. The molecule has 0 aliphatic carbocycles. The fraction of sp³-hybridized carbons (Fsp3) is 0.231. The van der Waals surface area contributed by atoms with Crippen LogP contribution in [0.1, 0.15) is 6.42 Å². The molecule has 0 spiro atoms. The second-order valence-electron chi connectivity index (χ2n) is 4.67. The molecule has 0 unspecified atom stereocenters. The maximum atomic E-state index is 11.0. The highest BCUT2D eigenvalue weighted by Crippen LogP contribution is 2.22. The van der Waals surface area contributed by atoms with Gasteiger partial charge in [-0.1, -0.05) is 18.2 Å². The highest BCUT2D eigenvalue weighted by atomic mass is 32.2. The summed E-state index contributed by atoms with van der Waals surface area (Å²) >= 11 is 0. The Balaban J connectivity index is 2.01. The Hall–Kier alpha value is -1.99. The predicted octanol–water partition coefficient (Wildman–Crippen LogP) is 1.26. The minimum atomic E-state index is -3.42. The van der Waals surface area contributed by atoms with Crippen LogP contribution >= 0.6 is 0 Å². The van der Waals surface area contributed by atoms with Crippen molar-refractivity contribution in [2.45, 2.75) is 13.0 Å². The van der Waals surface area contributed by atoms with Gasteiger partial charge in [0.2, 0.25) is 10.0 Å². The van der Waals surface area contributed by atoms with Crippen LogP contribution in [0.3, 0.4) is 0 Å². The molecule has 0 aliphatic heterocycles. The fourth-order valence-corrected chi connectivity index (χ4v) is 2.84. The van der Waals surface area contributed by atoms with Crippen LogP contribution in [0.4, 0.5) is 0 Å². The lowest BCUT2D eigenvalue weighted by atomic mass is 10.2. The molecule has 0 bridgehead atoms. The number of benzene rings is 1. The van der Waals surface area contributed by atoms with E-state index in [0.717, 1.165) is 21.9 Å². The van der Waals surface area contributed by atoms with E-state index < -0.39 is 10.0 Å². The van der Waals surface area contributed by atoms with Gasteiger partial charge in [-0.3, -0.25) is 4.98 Å². The molecule has 20 heavy (non-hydrogen) atoms. The van der Waals surface area contributed by atoms with Crippen LogP contribution in [0.5, 0.6) is 0 Å². The second-order valence-corrected chi connectivity index (χ2v) is 6.40. The van der Waals surface area contributed by atoms with Crippen LogP contribution in [0.2, 0.25) is 0 Å². The van der Waals surface area contributed by atoms with E-state index in [4.69, 9.17) is 5.14 Å². The molecule has 2 aromatic heterocycles. The summed E-state index contributed by atoms with van der Waals surface area (Å²) in [4.78, 5) is 8.65. The van der Waals surface area contributed by atoms with Crippen LogP contribution < -0.4 is 5.14 Å². The third-order valence-electron chi connectivity index (χ3n) is 3.18. The third kappa shape index (κ3) is 2.50. The number of hydrogen-bond acceptors (Lipinski definition) is 4. The van der Waals surface area contributed by atoms with E-state index in [1.807, 2.05) is 28.8 Å². The summed E-state index contributed by atoms with van der Waals surface area (Å²) in [7, 11) is -3.42. The molecular weight excluding hydrogens is 276 g/mol. The molecule has 6 nitrogen and oxygen atoms in total. The van der Waals surface area contributed by atoms with Gasteiger partial charge in [0.15, 0.2) is 0 Å². The van der Waals surface area contributed by atoms with Crippen LogP contribution in [0.25, 0.3) is 21.9 Å². The van der Waals surface area contributed by atoms with Gasteiger partial charge < -0.3 is 4.57 Å². The number of aryl methyl sites for hydroxylation is 1. The SMILES string of the molecule is NS(=O)(=O)CCCn1cnc2cnc3ccccc3c21. The Labute approximate surface area is 116 Å². The molecule has 2 N–H and O–H groups in total. The zero-order valence-electron chi connectivity index (χ0n) is 10.7. The molecule has 3 rings (SSSR count). The first kappa shape index (κ1) is 13.0. The number of sulfonamides is 1. The maximum absolute atomic E-state index is 11.0. The molecule has 104 valence electrons. The van der Waals surface area contributed by atoms with E-state index >= 15 is 0 Å². The zero-order chi connectivity index (χ0) is 14.2. The Morgan fingerprint density at radius 1 is 1.15 bits per heavy atom. The Kier molecular flexibility index (Phi) is 3.15. The summed E-state index contributed by atoms with van der Waals surface area (Å²) in [5.41, 5.74) is 2.68. The maximum Gasteiger partial charge on any atom is 0.209 e. The first-order valence-electron chi connectivity index (χ1n) is 6.24. The summed E-state index contributed by atoms with van der Waals surface area (Å²) in [6, 6.07) is 7.81. The fourth-order valence-electron chi connectivity index (χ4n) is 2.31. The normalized spacial score (nSPS) is 12.2. The summed E-state index contributed by atoms with van der Waals surface area (Å²) in [5.74, 6) is -0.0321. The molecular formula is C13H14N4O2S. The van der Waals surface area contributed by atoms with Crippen LogP contribution in [0.15, 0.2) is 36.8 Å². The summed E-state index contributed by atoms with van der Waals surface area (Å²) in [6.45, 7) is 0.556. The van der Waals surface area contributed by atoms with Gasteiger partial charge in [-0.05, 0) is 12.5 Å². The molecule has 1 aromatic carbocycles. The van der Waals surface area contributed by atoms with E-state index in [1.165, 1.54) is 0 Å². The molecule has 0 fully saturated rings. The third-order valence-corrected chi connectivity index (χ3v) is 4.04. The summed E-state index contributed by atoms with van der Waals surface area (Å²) < 4.78 is 23.9. The predicted molar refractivity (Wildman–Crippen MR) is 77.6 cm³/mol. The zero-order valence-corrected chi connectivity index (χ0v) is 11.5. The number of imidazole rings is 1. The quantitative estimate of drug-likeness (QED) is 0.783. The van der Waals surface area contributed by atoms with Crippen molar-refractivity contribution in [2.24, 2.45) is 5.14 Å². The first-order valence-corrected chi connectivity index (χ1v) is 7.95. The van der Waals surface area contributed by atoms with Crippen LogP contribution in [0, 0.1) is 0 Å². The van der Waals surface area contributed by atoms with Crippen LogP contribution in [-0.4, -0.2) is 28.7 Å². The molecule has 3 aromatic rings. The van der Waals surface area contributed by atoms with Crippen molar-refractivity contribution in [3.05, 3.63) is 36.8 Å². The number of rotatable bonds is 4. The molecule has 0 amide bonds. The van der Waals surface area contributed by atoms with Gasteiger partial charge in [-0.15, -0.1) is 0 Å². The van der Waals surface area contributed by atoms with E-state index in [2.05, 4.69) is 9.97 Å². The Morgan fingerprint density at radius 3 is 2.75 bits per heavy atom. The number of pyridine rings is 1. The van der Waals surface area contributed by atoms with Gasteiger partial charge >= 0.3 is 0 Å². The van der Waals surface area contributed by atoms with Crippen LogP contribution in [-0.2, 0) is 16.6 Å². The van der Waals surface area contributed by atoms with Crippen molar-refractivity contribution >= 4 is 32.0 Å². The lowest BCUT2D eigenvalue weighted by Crippen LogP contribution is -2.17. The lowest BCUT2D eigenvalue weighted by Gasteiger charge is -2.06. The molecule has 7 heteroatoms. The van der Waals surface area contributed by atoms with Crippen molar-refractivity contribution < 1.29 is 8.42 Å². The molecule has 0 radical (unpaired) electrons. The number of nitrogens with zero attached hydrogens (tertiary/aromatic N) is 3. The minimum Gasteiger partial charge on any atom is -0.330 e. The van der Waals surface area contributed by atoms with E-state index in [-0.39, 0.29) is 5.75 Å². The van der Waals surface area contributed by atoms with Crippen molar-refractivity contribution in [3.63, 3.8) is 0 Å². The summed E-state index contributed by atoms with van der Waals surface area (Å²) in [6.07, 6.45) is 3.90. The number of hydrogen-bond donors (Lipinski definition) is 1. The van der Waals surface area contributed by atoms with Crippen molar-refractivity contribution in [2.75, 3.05) is 5.75 Å². The second kappa shape index (κ2) is 4.84. The number of aromatic nitrogens is 3. The average Bonchev–Trinajstić information content (AvgIpc) is 2.81. The molecule has 0 atom stereocenters. The molecule has 0 aliphatic rings. The molecule has 0 saturated carbocycles. The van der Waals surface area contributed by atoms with E-state index in [0.29, 0.717) is 13.0 Å². The van der Waals surface area contributed by atoms with E-state index in [1.54, 1.807) is 12.5 Å². The minimum absolute atomic E-state index is 0.0321. The lowest BCUT2D eigenvalue weighted by molar-refractivity contribution is 0.589. The highest BCUT2D eigenvalue weighted by Gasteiger charge is 2.09. The van der Waals surface area contributed by atoms with Crippen molar-refractivity contribution in [3.8, 4) is 0 Å². The van der Waals surface area contributed by atoms with Crippen molar-refractivity contribution in [1.29, 1.82) is 0 Å². The molecule has 0 saturated heterocycles. The summed E-state index contributed by atoms with van der Waals surface area (Å²) in [5, 5.41) is 6.03. The largest absolute Gasteiger partial charge is 0.330 e. The van der Waals surface area contributed by atoms with E-state index in [9.17, 15) is 8.42 Å². The van der Waals surface area contributed by atoms with Crippen molar-refractivity contribution in [1.82, 2.24) is 14.5 Å². The van der Waals surface area contributed by atoms with Gasteiger partial charge in [0.1, 0.15) is 5.52 Å². The number of nitrogens with two attached hydrogens (primary N) is 1. The average molecular weight is 290 g/mol. The first-order chi connectivity index (χ1) is 9.54. The smallest absolute Gasteiger partial charge is 0.209 e.